The highest BCUT2D eigenvalue weighted by molar-refractivity contribution is 5.66. The van der Waals surface area contributed by atoms with Gasteiger partial charge in [-0.25, -0.2) is 0 Å². The summed E-state index contributed by atoms with van der Waals surface area (Å²) < 4.78 is 0. The van der Waals surface area contributed by atoms with Crippen LogP contribution in [0.2, 0.25) is 0 Å². The average Bonchev–Trinajstić information content (AvgIpc) is 2.34. The second kappa shape index (κ2) is 7.13. The van der Waals surface area contributed by atoms with Crippen LogP contribution in [0.5, 0.6) is 0 Å². The maximum absolute atomic E-state index is 10.6. The minimum atomic E-state index is -0.842. The number of aliphatic carboxylic acids is 1. The molecule has 1 aromatic rings. The summed E-state index contributed by atoms with van der Waals surface area (Å²) >= 11 is 0. The van der Waals surface area contributed by atoms with Gasteiger partial charge >= 0.3 is 5.97 Å². The molecule has 0 bridgehead atoms. The van der Waals surface area contributed by atoms with E-state index in [4.69, 9.17) is 5.11 Å². The minimum absolute atomic E-state index is 0.0499. The van der Waals surface area contributed by atoms with Gasteiger partial charge in [-0.2, -0.15) is 0 Å². The van der Waals surface area contributed by atoms with E-state index >= 15 is 0 Å². The molecule has 1 aromatic carbocycles. The molecule has 0 amide bonds. The van der Waals surface area contributed by atoms with Crippen LogP contribution in [-0.2, 0) is 4.79 Å². The molecule has 0 aliphatic carbocycles. The van der Waals surface area contributed by atoms with Crippen molar-refractivity contribution in [3.8, 4) is 0 Å². The lowest BCUT2D eigenvalue weighted by Crippen LogP contribution is -2.39. The maximum Gasteiger partial charge on any atom is 0.303 e. The number of nitrogens with one attached hydrogen (secondary N) is 1. The van der Waals surface area contributed by atoms with Crippen molar-refractivity contribution >= 4 is 5.97 Å². The van der Waals surface area contributed by atoms with E-state index in [0.717, 1.165) is 5.56 Å². The van der Waals surface area contributed by atoms with Crippen molar-refractivity contribution in [2.75, 3.05) is 0 Å². The highest BCUT2D eigenvalue weighted by atomic mass is 16.4. The third kappa shape index (κ3) is 4.85. The first-order chi connectivity index (χ1) is 8.50. The zero-order valence-electron chi connectivity index (χ0n) is 10.8. The monoisotopic (exact) mass is 251 g/mol. The number of rotatable bonds is 7. The van der Waals surface area contributed by atoms with Gasteiger partial charge in [0.2, 0.25) is 0 Å². The van der Waals surface area contributed by atoms with Crippen LogP contribution in [0.15, 0.2) is 30.3 Å². The summed E-state index contributed by atoms with van der Waals surface area (Å²) in [6.07, 6.45) is -0.231. The summed E-state index contributed by atoms with van der Waals surface area (Å²) in [6, 6.07) is 9.26. The van der Waals surface area contributed by atoms with Crippen LogP contribution in [-0.4, -0.2) is 28.3 Å². The van der Waals surface area contributed by atoms with Gasteiger partial charge in [0.25, 0.3) is 0 Å². The molecule has 0 spiro atoms. The van der Waals surface area contributed by atoms with Crippen molar-refractivity contribution in [1.29, 1.82) is 0 Å². The van der Waals surface area contributed by atoms with Crippen LogP contribution in [0.25, 0.3) is 0 Å². The van der Waals surface area contributed by atoms with Crippen molar-refractivity contribution in [3.05, 3.63) is 35.9 Å². The van der Waals surface area contributed by atoms with Gasteiger partial charge in [-0.05, 0) is 12.0 Å². The van der Waals surface area contributed by atoms with Crippen LogP contribution in [0, 0.1) is 0 Å². The zero-order valence-corrected chi connectivity index (χ0v) is 10.8. The summed E-state index contributed by atoms with van der Waals surface area (Å²) in [5.41, 5.74) is 0.807. The van der Waals surface area contributed by atoms with Crippen molar-refractivity contribution < 1.29 is 15.0 Å². The molecular weight excluding hydrogens is 230 g/mol. The predicted molar refractivity (Wildman–Crippen MR) is 70.3 cm³/mol. The van der Waals surface area contributed by atoms with Crippen LogP contribution >= 0.6 is 0 Å². The molecule has 0 aliphatic rings. The Morgan fingerprint density at radius 1 is 1.28 bits per heavy atom. The van der Waals surface area contributed by atoms with E-state index in [9.17, 15) is 9.90 Å². The first kappa shape index (κ1) is 14.7. The number of carboxylic acids is 1. The molecule has 0 radical (unpaired) electrons. The molecule has 0 aromatic heterocycles. The number of aliphatic hydroxyl groups is 1. The first-order valence-electron chi connectivity index (χ1n) is 6.21. The molecule has 100 valence electrons. The molecule has 0 saturated carbocycles. The molecule has 1 rings (SSSR count). The number of carbonyl (C=O) groups is 1. The molecule has 0 fully saturated rings. The van der Waals surface area contributed by atoms with Gasteiger partial charge in [0.1, 0.15) is 0 Å². The number of aliphatic hydroxyl groups excluding tert-OH is 1. The Bertz CT molecular complexity index is 365. The SMILES string of the molecule is CC(C)NC(CCC(=O)O)C(O)c1ccccc1. The van der Waals surface area contributed by atoms with E-state index in [1.54, 1.807) is 0 Å². The van der Waals surface area contributed by atoms with Gasteiger partial charge in [-0.3, -0.25) is 4.79 Å². The lowest BCUT2D eigenvalue weighted by molar-refractivity contribution is -0.137. The van der Waals surface area contributed by atoms with E-state index in [-0.39, 0.29) is 18.5 Å². The molecule has 0 heterocycles. The van der Waals surface area contributed by atoms with Gasteiger partial charge in [0.05, 0.1) is 6.10 Å². The summed E-state index contributed by atoms with van der Waals surface area (Å²) in [5.74, 6) is -0.842. The minimum Gasteiger partial charge on any atom is -0.481 e. The van der Waals surface area contributed by atoms with Gasteiger partial charge in [0, 0.05) is 18.5 Å². The molecular formula is C14H21NO3. The van der Waals surface area contributed by atoms with Gasteiger partial charge < -0.3 is 15.5 Å². The standard InChI is InChI=1S/C14H21NO3/c1-10(2)15-12(8-9-13(16)17)14(18)11-6-4-3-5-7-11/h3-7,10,12,14-15,18H,8-9H2,1-2H3,(H,16,17). The number of hydrogen-bond donors (Lipinski definition) is 3. The fourth-order valence-electron chi connectivity index (χ4n) is 1.92. The number of hydrogen-bond acceptors (Lipinski definition) is 3. The fraction of sp³-hybridized carbons (Fsp3) is 0.500. The third-order valence-electron chi connectivity index (χ3n) is 2.74. The molecule has 4 heteroatoms. The van der Waals surface area contributed by atoms with Gasteiger partial charge in [-0.15, -0.1) is 0 Å². The predicted octanol–water partition coefficient (Wildman–Crippen LogP) is 1.95. The Hall–Kier alpha value is -1.39. The second-order valence-corrected chi connectivity index (χ2v) is 4.72. The summed E-state index contributed by atoms with van der Waals surface area (Å²) in [6.45, 7) is 3.96. The van der Waals surface area contributed by atoms with Crippen LogP contribution < -0.4 is 5.32 Å². The van der Waals surface area contributed by atoms with Gasteiger partial charge in [0.15, 0.2) is 0 Å². The molecule has 2 atom stereocenters. The second-order valence-electron chi connectivity index (χ2n) is 4.72. The Labute approximate surface area is 108 Å². The Kier molecular flexibility index (Phi) is 5.82. The van der Waals surface area contributed by atoms with Crippen LogP contribution in [0.1, 0.15) is 38.4 Å². The van der Waals surface area contributed by atoms with Crippen LogP contribution in [0.3, 0.4) is 0 Å². The van der Waals surface area contributed by atoms with Crippen LogP contribution in [0.4, 0.5) is 0 Å². The number of carboxylic acid groups (broad SMARTS) is 1. The highest BCUT2D eigenvalue weighted by Crippen LogP contribution is 2.20. The lowest BCUT2D eigenvalue weighted by Gasteiger charge is -2.26. The van der Waals surface area contributed by atoms with Crippen molar-refractivity contribution in [2.45, 2.75) is 44.9 Å². The number of benzene rings is 1. The molecule has 0 aliphatic heterocycles. The Morgan fingerprint density at radius 3 is 2.39 bits per heavy atom. The highest BCUT2D eigenvalue weighted by Gasteiger charge is 2.21. The molecule has 2 unspecified atom stereocenters. The topological polar surface area (TPSA) is 69.6 Å². The van der Waals surface area contributed by atoms with E-state index < -0.39 is 12.1 Å². The van der Waals surface area contributed by atoms with E-state index in [1.807, 2.05) is 44.2 Å². The Morgan fingerprint density at radius 2 is 1.89 bits per heavy atom. The molecule has 3 N–H and O–H groups in total. The smallest absolute Gasteiger partial charge is 0.303 e. The summed E-state index contributed by atoms with van der Waals surface area (Å²) in [7, 11) is 0. The van der Waals surface area contributed by atoms with E-state index in [2.05, 4.69) is 5.32 Å². The van der Waals surface area contributed by atoms with Crippen molar-refractivity contribution in [3.63, 3.8) is 0 Å². The van der Waals surface area contributed by atoms with Crippen molar-refractivity contribution in [1.82, 2.24) is 5.32 Å². The third-order valence-corrected chi connectivity index (χ3v) is 2.74. The van der Waals surface area contributed by atoms with E-state index in [1.165, 1.54) is 0 Å². The van der Waals surface area contributed by atoms with E-state index in [0.29, 0.717) is 6.42 Å². The molecule has 4 nitrogen and oxygen atoms in total. The summed E-state index contributed by atoms with van der Waals surface area (Å²) in [4.78, 5) is 10.6. The van der Waals surface area contributed by atoms with Crippen molar-refractivity contribution in [2.24, 2.45) is 0 Å². The Balaban J connectivity index is 2.72. The van der Waals surface area contributed by atoms with Gasteiger partial charge in [-0.1, -0.05) is 44.2 Å². The average molecular weight is 251 g/mol. The molecule has 0 saturated heterocycles. The normalized spacial score (nSPS) is 14.4. The first-order valence-corrected chi connectivity index (χ1v) is 6.21. The fourth-order valence-corrected chi connectivity index (χ4v) is 1.92. The largest absolute Gasteiger partial charge is 0.481 e. The molecule has 18 heavy (non-hydrogen) atoms. The summed E-state index contributed by atoms with van der Waals surface area (Å²) in [5, 5.41) is 22.2. The maximum atomic E-state index is 10.6. The lowest BCUT2D eigenvalue weighted by atomic mass is 9.98. The zero-order chi connectivity index (χ0) is 13.5. The quantitative estimate of drug-likeness (QED) is 0.693.